The van der Waals surface area contributed by atoms with E-state index in [2.05, 4.69) is 42.5 Å². The van der Waals surface area contributed by atoms with Gasteiger partial charge in [-0.2, -0.15) is 0 Å². The molecule has 2 aliphatic rings. The molecule has 0 bridgehead atoms. The molecule has 0 aromatic carbocycles. The minimum absolute atomic E-state index is 0.344. The number of fused-ring (bicyclic) bond motifs is 1. The molecule has 13 heavy (non-hydrogen) atoms. The predicted octanol–water partition coefficient (Wildman–Crippen LogP) is 0.979. The number of hydrogen-bond acceptors (Lipinski definition) is 3. The van der Waals surface area contributed by atoms with Gasteiger partial charge < -0.3 is 0 Å². The summed E-state index contributed by atoms with van der Waals surface area (Å²) in [4.78, 5) is 7.55. The lowest BCUT2D eigenvalue weighted by Gasteiger charge is -2.60. The Kier molecular flexibility index (Phi) is 2.13. The Morgan fingerprint density at radius 3 is 2.38 bits per heavy atom. The zero-order valence-corrected chi connectivity index (χ0v) is 9.25. The van der Waals surface area contributed by atoms with E-state index in [1.807, 2.05) is 0 Å². The number of nitrogens with zero attached hydrogens (tertiary/aromatic N) is 3. The smallest absolute Gasteiger partial charge is 0.0673 e. The van der Waals surface area contributed by atoms with Gasteiger partial charge in [0.1, 0.15) is 0 Å². The second-order valence-corrected chi connectivity index (χ2v) is 5.36. The lowest BCUT2D eigenvalue weighted by molar-refractivity contribution is -0.192. The number of hydrogen-bond donors (Lipinski definition) is 0. The van der Waals surface area contributed by atoms with E-state index in [0.717, 1.165) is 19.5 Å². The van der Waals surface area contributed by atoms with Crippen molar-refractivity contribution < 1.29 is 0 Å². The van der Waals surface area contributed by atoms with Crippen LogP contribution in [0.1, 0.15) is 27.2 Å². The Morgan fingerprint density at radius 1 is 1.15 bits per heavy atom. The molecule has 0 radical (unpaired) electrons. The second-order valence-electron chi connectivity index (χ2n) is 5.36. The molecule has 3 heteroatoms. The van der Waals surface area contributed by atoms with E-state index in [4.69, 9.17) is 0 Å². The van der Waals surface area contributed by atoms with Gasteiger partial charge in [0.15, 0.2) is 0 Å². The van der Waals surface area contributed by atoms with Crippen LogP contribution in [0, 0.1) is 0 Å². The Morgan fingerprint density at radius 2 is 1.85 bits per heavy atom. The van der Waals surface area contributed by atoms with Crippen LogP contribution in [-0.4, -0.2) is 53.3 Å². The standard InChI is InChI=1S/C10H21N3/c1-10(2,3)13-8-12-7-11(4)6-5-9(12)13/h9H,5-8H2,1-4H3. The van der Waals surface area contributed by atoms with Crippen LogP contribution < -0.4 is 0 Å². The molecule has 2 rings (SSSR count). The molecule has 0 aliphatic carbocycles. The maximum Gasteiger partial charge on any atom is 0.0673 e. The van der Waals surface area contributed by atoms with Gasteiger partial charge in [-0.25, -0.2) is 0 Å². The van der Waals surface area contributed by atoms with Crippen LogP contribution in [0.2, 0.25) is 0 Å². The molecule has 0 saturated carbocycles. The van der Waals surface area contributed by atoms with E-state index in [9.17, 15) is 0 Å². The van der Waals surface area contributed by atoms with Crippen LogP contribution in [-0.2, 0) is 0 Å². The molecule has 76 valence electrons. The summed E-state index contributed by atoms with van der Waals surface area (Å²) in [6, 6.07) is 0. The van der Waals surface area contributed by atoms with Crippen LogP contribution >= 0.6 is 0 Å². The zero-order valence-electron chi connectivity index (χ0n) is 9.25. The van der Waals surface area contributed by atoms with Crippen molar-refractivity contribution in [1.29, 1.82) is 0 Å². The van der Waals surface area contributed by atoms with Gasteiger partial charge in [0, 0.05) is 12.1 Å². The maximum absolute atomic E-state index is 2.60. The highest BCUT2D eigenvalue weighted by Gasteiger charge is 2.44. The van der Waals surface area contributed by atoms with Gasteiger partial charge in [-0.15, -0.1) is 0 Å². The van der Waals surface area contributed by atoms with Gasteiger partial charge in [-0.05, 0) is 34.2 Å². The molecule has 1 atom stereocenters. The molecule has 0 amide bonds. The van der Waals surface area contributed by atoms with Gasteiger partial charge in [0.25, 0.3) is 0 Å². The summed E-state index contributed by atoms with van der Waals surface area (Å²) >= 11 is 0. The summed E-state index contributed by atoms with van der Waals surface area (Å²) in [5, 5.41) is 0. The van der Waals surface area contributed by atoms with E-state index in [0.29, 0.717) is 5.54 Å². The van der Waals surface area contributed by atoms with Crippen molar-refractivity contribution >= 4 is 0 Å². The van der Waals surface area contributed by atoms with Crippen molar-refractivity contribution in [3.63, 3.8) is 0 Å². The van der Waals surface area contributed by atoms with E-state index in [1.54, 1.807) is 0 Å². The summed E-state index contributed by atoms with van der Waals surface area (Å²) in [5.74, 6) is 0. The Bertz CT molecular complexity index is 197. The van der Waals surface area contributed by atoms with Crippen LogP contribution in [0.25, 0.3) is 0 Å². The zero-order chi connectivity index (χ0) is 9.64. The molecular formula is C10H21N3. The van der Waals surface area contributed by atoms with Gasteiger partial charge in [-0.1, -0.05) is 0 Å². The first-order valence-electron chi connectivity index (χ1n) is 5.18. The quantitative estimate of drug-likeness (QED) is 0.554. The average Bonchev–Trinajstić information content (AvgIpc) is 1.92. The highest BCUT2D eigenvalue weighted by molar-refractivity contribution is 4.92. The van der Waals surface area contributed by atoms with Gasteiger partial charge in [0.05, 0.1) is 19.5 Å². The average molecular weight is 183 g/mol. The maximum atomic E-state index is 2.60. The normalized spacial score (nSPS) is 32.8. The van der Waals surface area contributed by atoms with Crippen LogP contribution in [0.5, 0.6) is 0 Å². The minimum atomic E-state index is 0.344. The Balaban J connectivity index is 1.95. The first kappa shape index (κ1) is 9.44. The lowest BCUT2D eigenvalue weighted by atomic mass is 10.00. The van der Waals surface area contributed by atoms with Crippen molar-refractivity contribution in [3.05, 3.63) is 0 Å². The first-order chi connectivity index (χ1) is 5.98. The molecule has 2 fully saturated rings. The summed E-state index contributed by atoms with van der Waals surface area (Å²) in [5.41, 5.74) is 0.344. The monoisotopic (exact) mass is 183 g/mol. The summed E-state index contributed by atoms with van der Waals surface area (Å²) in [6.45, 7) is 10.5. The van der Waals surface area contributed by atoms with E-state index < -0.39 is 0 Å². The fraction of sp³-hybridized carbons (Fsp3) is 1.00. The van der Waals surface area contributed by atoms with Crippen LogP contribution in [0.4, 0.5) is 0 Å². The third-order valence-corrected chi connectivity index (χ3v) is 3.17. The summed E-state index contributed by atoms with van der Waals surface area (Å²) in [6.07, 6.45) is 2.02. The topological polar surface area (TPSA) is 9.72 Å². The molecular weight excluding hydrogens is 162 g/mol. The van der Waals surface area contributed by atoms with Crippen molar-refractivity contribution in [2.24, 2.45) is 0 Å². The van der Waals surface area contributed by atoms with Gasteiger partial charge in [0.2, 0.25) is 0 Å². The van der Waals surface area contributed by atoms with Crippen molar-refractivity contribution in [1.82, 2.24) is 14.7 Å². The minimum Gasteiger partial charge on any atom is -0.293 e. The second kappa shape index (κ2) is 2.94. The van der Waals surface area contributed by atoms with Crippen molar-refractivity contribution in [2.45, 2.75) is 38.9 Å². The van der Waals surface area contributed by atoms with E-state index in [-0.39, 0.29) is 0 Å². The summed E-state index contributed by atoms with van der Waals surface area (Å²) < 4.78 is 0. The molecule has 2 heterocycles. The third kappa shape index (κ3) is 1.60. The third-order valence-electron chi connectivity index (χ3n) is 3.17. The van der Waals surface area contributed by atoms with Crippen molar-refractivity contribution in [2.75, 3.05) is 26.9 Å². The lowest BCUT2D eigenvalue weighted by Crippen LogP contribution is -2.72. The first-order valence-corrected chi connectivity index (χ1v) is 5.18. The fourth-order valence-corrected chi connectivity index (χ4v) is 2.34. The van der Waals surface area contributed by atoms with E-state index in [1.165, 1.54) is 13.0 Å². The molecule has 0 spiro atoms. The summed E-state index contributed by atoms with van der Waals surface area (Å²) in [7, 11) is 2.20. The number of rotatable bonds is 0. The Labute approximate surface area is 81.3 Å². The molecule has 0 N–H and O–H groups in total. The molecule has 0 aromatic rings. The Hall–Kier alpha value is -0.120. The van der Waals surface area contributed by atoms with Gasteiger partial charge in [-0.3, -0.25) is 14.7 Å². The highest BCUT2D eigenvalue weighted by Crippen LogP contribution is 2.32. The van der Waals surface area contributed by atoms with Crippen LogP contribution in [0.15, 0.2) is 0 Å². The molecule has 2 aliphatic heterocycles. The largest absolute Gasteiger partial charge is 0.293 e. The molecule has 2 saturated heterocycles. The van der Waals surface area contributed by atoms with E-state index >= 15 is 0 Å². The van der Waals surface area contributed by atoms with Gasteiger partial charge >= 0.3 is 0 Å². The molecule has 0 aromatic heterocycles. The predicted molar refractivity (Wildman–Crippen MR) is 54.2 cm³/mol. The molecule has 3 nitrogen and oxygen atoms in total. The van der Waals surface area contributed by atoms with Crippen LogP contribution in [0.3, 0.4) is 0 Å². The highest BCUT2D eigenvalue weighted by atomic mass is 15.6. The fourth-order valence-electron chi connectivity index (χ4n) is 2.34. The van der Waals surface area contributed by atoms with Crippen molar-refractivity contribution in [3.8, 4) is 0 Å². The molecule has 1 unspecified atom stereocenters. The SMILES string of the molecule is CN1CCC2N(C1)CN2C(C)(C)C.